The molecule has 3 rings (SSSR count). The molecule has 1 aromatic heterocycles. The molecule has 0 saturated heterocycles. The first-order valence-electron chi connectivity index (χ1n) is 6.22. The van der Waals surface area contributed by atoms with Crippen molar-refractivity contribution in [2.45, 2.75) is 0 Å². The number of benzene rings is 2. The summed E-state index contributed by atoms with van der Waals surface area (Å²) in [5, 5.41) is 6.30. The Labute approximate surface area is 140 Å². The zero-order valence-corrected chi connectivity index (χ0v) is 13.4. The van der Waals surface area contributed by atoms with Crippen LogP contribution in [0.15, 0.2) is 42.5 Å². The smallest absolute Gasteiger partial charge is 0.257 e. The van der Waals surface area contributed by atoms with Gasteiger partial charge in [-0.15, -0.1) is 0 Å². The molecule has 3 aromatic rings. The third kappa shape index (κ3) is 3.38. The van der Waals surface area contributed by atoms with Crippen LogP contribution in [0.2, 0.25) is 5.02 Å². The molecule has 0 spiro atoms. The lowest BCUT2D eigenvalue weighted by Crippen LogP contribution is -2.34. The van der Waals surface area contributed by atoms with Gasteiger partial charge in [-0.3, -0.25) is 10.1 Å². The lowest BCUT2D eigenvalue weighted by atomic mass is 10.2. The number of hydrogen-bond donors (Lipinski definition) is 2. The summed E-state index contributed by atoms with van der Waals surface area (Å²) in [6.07, 6.45) is 0. The predicted octanol–water partition coefficient (Wildman–Crippen LogP) is 3.47. The second kappa shape index (κ2) is 6.35. The quantitative estimate of drug-likeness (QED) is 0.694. The summed E-state index contributed by atoms with van der Waals surface area (Å²) in [7, 11) is 0. The van der Waals surface area contributed by atoms with Gasteiger partial charge in [0.15, 0.2) is 5.11 Å². The van der Waals surface area contributed by atoms with E-state index in [1.54, 1.807) is 42.5 Å². The number of amides is 1. The van der Waals surface area contributed by atoms with Crippen LogP contribution in [0.4, 0.5) is 5.69 Å². The molecule has 0 aliphatic heterocycles. The van der Waals surface area contributed by atoms with E-state index in [2.05, 4.69) is 19.4 Å². The first kappa shape index (κ1) is 14.8. The summed E-state index contributed by atoms with van der Waals surface area (Å²) < 4.78 is 8.20. The van der Waals surface area contributed by atoms with Gasteiger partial charge in [-0.25, -0.2) is 0 Å². The Balaban J connectivity index is 1.69. The van der Waals surface area contributed by atoms with Crippen molar-refractivity contribution in [1.82, 2.24) is 14.1 Å². The molecule has 0 atom stereocenters. The van der Waals surface area contributed by atoms with E-state index in [9.17, 15) is 4.79 Å². The van der Waals surface area contributed by atoms with Gasteiger partial charge in [-0.2, -0.15) is 8.75 Å². The lowest BCUT2D eigenvalue weighted by molar-refractivity contribution is 0.0978. The Hall–Kier alpha value is -2.09. The zero-order valence-electron chi connectivity index (χ0n) is 11.0. The fourth-order valence-corrected chi connectivity index (χ4v) is 2.75. The Morgan fingerprint density at radius 1 is 1.14 bits per heavy atom. The molecule has 0 fully saturated rings. The van der Waals surface area contributed by atoms with Crippen LogP contribution in [0.5, 0.6) is 0 Å². The minimum Gasteiger partial charge on any atom is -0.332 e. The van der Waals surface area contributed by atoms with E-state index in [0.717, 1.165) is 17.2 Å². The van der Waals surface area contributed by atoms with Gasteiger partial charge in [0.1, 0.15) is 11.0 Å². The summed E-state index contributed by atoms with van der Waals surface area (Å²) in [6, 6.07) is 12.2. The number of nitrogens with zero attached hydrogens (tertiary/aromatic N) is 2. The molecule has 0 bridgehead atoms. The summed E-state index contributed by atoms with van der Waals surface area (Å²) in [5.41, 5.74) is 2.62. The van der Waals surface area contributed by atoms with Crippen molar-refractivity contribution in [2.24, 2.45) is 0 Å². The molecule has 22 heavy (non-hydrogen) atoms. The third-order valence-corrected chi connectivity index (χ3v) is 3.82. The number of halogens is 1. The number of anilines is 1. The van der Waals surface area contributed by atoms with E-state index in [4.69, 9.17) is 23.8 Å². The van der Waals surface area contributed by atoms with E-state index < -0.39 is 0 Å². The normalized spacial score (nSPS) is 10.4. The van der Waals surface area contributed by atoms with Crippen LogP contribution in [-0.4, -0.2) is 19.8 Å². The van der Waals surface area contributed by atoms with E-state index in [1.807, 2.05) is 0 Å². The van der Waals surface area contributed by atoms with Crippen LogP contribution in [0.25, 0.3) is 11.0 Å². The maximum Gasteiger partial charge on any atom is 0.257 e. The van der Waals surface area contributed by atoms with Crippen molar-refractivity contribution in [3.8, 4) is 0 Å². The standard InChI is InChI=1S/C14H9ClN4OS2/c15-9-2-1-3-10(7-9)16-14(21)17-13(20)8-4-5-11-12(6-8)19-22-18-11/h1-7H,(H2,16,17,20,21). The number of thiocarbonyl (C=S) groups is 1. The molecule has 1 heterocycles. The van der Waals surface area contributed by atoms with Crippen LogP contribution < -0.4 is 10.6 Å². The highest BCUT2D eigenvalue weighted by atomic mass is 35.5. The molecule has 110 valence electrons. The summed E-state index contributed by atoms with van der Waals surface area (Å²) in [4.78, 5) is 12.2. The van der Waals surface area contributed by atoms with Gasteiger partial charge in [0, 0.05) is 16.3 Å². The largest absolute Gasteiger partial charge is 0.332 e. The van der Waals surface area contributed by atoms with Crippen LogP contribution in [0, 0.1) is 0 Å². The molecule has 0 aliphatic carbocycles. The van der Waals surface area contributed by atoms with E-state index in [-0.39, 0.29) is 11.0 Å². The van der Waals surface area contributed by atoms with Gasteiger partial charge in [-0.1, -0.05) is 17.7 Å². The Kier molecular flexibility index (Phi) is 4.28. The Bertz CT molecular complexity index is 865. The van der Waals surface area contributed by atoms with Gasteiger partial charge >= 0.3 is 0 Å². The maximum absolute atomic E-state index is 12.2. The highest BCUT2D eigenvalue weighted by Gasteiger charge is 2.10. The number of aromatic nitrogens is 2. The molecule has 0 aliphatic rings. The van der Waals surface area contributed by atoms with E-state index >= 15 is 0 Å². The molecule has 8 heteroatoms. The van der Waals surface area contributed by atoms with Gasteiger partial charge in [-0.05, 0) is 48.6 Å². The highest BCUT2D eigenvalue weighted by Crippen LogP contribution is 2.15. The molecular weight excluding hydrogens is 340 g/mol. The molecule has 0 saturated carbocycles. The summed E-state index contributed by atoms with van der Waals surface area (Å²) >= 11 is 12.1. The maximum atomic E-state index is 12.2. The first-order valence-corrected chi connectivity index (χ1v) is 7.74. The number of hydrogen-bond acceptors (Lipinski definition) is 5. The van der Waals surface area contributed by atoms with Crippen LogP contribution in [0.3, 0.4) is 0 Å². The summed E-state index contributed by atoms with van der Waals surface area (Å²) in [5.74, 6) is -0.311. The number of carbonyl (C=O) groups is 1. The van der Waals surface area contributed by atoms with Crippen molar-refractivity contribution >= 4 is 63.3 Å². The molecule has 5 nitrogen and oxygen atoms in total. The molecule has 0 unspecified atom stereocenters. The van der Waals surface area contributed by atoms with Crippen molar-refractivity contribution in [3.63, 3.8) is 0 Å². The highest BCUT2D eigenvalue weighted by molar-refractivity contribution is 7.80. The van der Waals surface area contributed by atoms with Gasteiger partial charge in [0.2, 0.25) is 0 Å². The Morgan fingerprint density at radius 2 is 1.95 bits per heavy atom. The van der Waals surface area contributed by atoms with Crippen molar-refractivity contribution in [1.29, 1.82) is 0 Å². The fourth-order valence-electron chi connectivity index (χ4n) is 1.83. The van der Waals surface area contributed by atoms with Crippen LogP contribution >= 0.6 is 35.5 Å². The average Bonchev–Trinajstić information content (AvgIpc) is 2.94. The van der Waals surface area contributed by atoms with E-state index in [1.165, 1.54) is 0 Å². The number of nitrogens with one attached hydrogen (secondary N) is 2. The average molecular weight is 349 g/mol. The lowest BCUT2D eigenvalue weighted by Gasteiger charge is -2.09. The number of rotatable bonds is 2. The minimum absolute atomic E-state index is 0.198. The SMILES string of the molecule is O=C(NC(=S)Nc1cccc(Cl)c1)c1ccc2nsnc2c1. The van der Waals surface area contributed by atoms with Gasteiger partial charge < -0.3 is 5.32 Å². The number of carbonyl (C=O) groups excluding carboxylic acids is 1. The van der Waals surface area contributed by atoms with Gasteiger partial charge in [0.25, 0.3) is 5.91 Å². The molecule has 2 aromatic carbocycles. The van der Waals surface area contributed by atoms with Gasteiger partial charge in [0.05, 0.1) is 11.7 Å². The van der Waals surface area contributed by atoms with Crippen molar-refractivity contribution in [3.05, 3.63) is 53.1 Å². The molecule has 2 N–H and O–H groups in total. The second-order valence-electron chi connectivity index (χ2n) is 4.39. The monoisotopic (exact) mass is 348 g/mol. The second-order valence-corrected chi connectivity index (χ2v) is 5.76. The predicted molar refractivity (Wildman–Crippen MR) is 92.6 cm³/mol. The van der Waals surface area contributed by atoms with Crippen LogP contribution in [0.1, 0.15) is 10.4 Å². The van der Waals surface area contributed by atoms with Crippen LogP contribution in [-0.2, 0) is 0 Å². The van der Waals surface area contributed by atoms with Crippen molar-refractivity contribution < 1.29 is 4.79 Å². The number of fused-ring (bicyclic) bond motifs is 1. The molecular formula is C14H9ClN4OS2. The first-order chi connectivity index (χ1) is 10.6. The molecule has 1 amide bonds. The fraction of sp³-hybridized carbons (Fsp3) is 0. The Morgan fingerprint density at radius 3 is 2.77 bits per heavy atom. The van der Waals surface area contributed by atoms with Crippen molar-refractivity contribution in [2.75, 3.05) is 5.32 Å². The zero-order chi connectivity index (χ0) is 15.5. The minimum atomic E-state index is -0.311. The topological polar surface area (TPSA) is 66.9 Å². The molecule has 0 radical (unpaired) electrons. The third-order valence-electron chi connectivity index (χ3n) is 2.83. The summed E-state index contributed by atoms with van der Waals surface area (Å²) in [6.45, 7) is 0. The van der Waals surface area contributed by atoms with E-state index in [0.29, 0.717) is 21.8 Å².